The van der Waals surface area contributed by atoms with Gasteiger partial charge in [-0.25, -0.2) is 8.42 Å². The number of hydrogen-bond donors (Lipinski definition) is 1. The number of sulfone groups is 1. The van der Waals surface area contributed by atoms with E-state index in [9.17, 15) is 8.42 Å². The minimum absolute atomic E-state index is 0.351. The van der Waals surface area contributed by atoms with E-state index in [0.29, 0.717) is 22.3 Å². The molecule has 2 aromatic rings. The van der Waals surface area contributed by atoms with Gasteiger partial charge in [-0.2, -0.15) is 0 Å². The van der Waals surface area contributed by atoms with Crippen molar-refractivity contribution in [1.29, 1.82) is 0 Å². The van der Waals surface area contributed by atoms with Crippen LogP contribution in [-0.4, -0.2) is 15.0 Å². The summed E-state index contributed by atoms with van der Waals surface area (Å²) >= 11 is 0. The molecule has 0 aromatic heterocycles. The van der Waals surface area contributed by atoms with Crippen molar-refractivity contribution in [3.63, 3.8) is 0 Å². The molecule has 0 bridgehead atoms. The smallest absolute Gasteiger partial charge is 0.206 e. The van der Waals surface area contributed by atoms with E-state index in [1.807, 2.05) is 18.2 Å². The number of rotatable bonds is 4. The molecule has 0 radical (unpaired) electrons. The Kier molecular flexibility index (Phi) is 4.32. The summed E-state index contributed by atoms with van der Waals surface area (Å²) in [5.74, 6) is 0.474. The molecular weight excluding hydrogens is 294 g/mol. The highest BCUT2D eigenvalue weighted by Gasteiger charge is 2.23. The maximum atomic E-state index is 12.7. The first-order chi connectivity index (χ1) is 10.6. The van der Waals surface area contributed by atoms with E-state index in [1.54, 1.807) is 30.3 Å². The number of aryl methyl sites for hydroxylation is 1. The lowest BCUT2D eigenvalue weighted by Gasteiger charge is -2.25. The predicted octanol–water partition coefficient (Wildman–Crippen LogP) is 3.29. The molecule has 22 heavy (non-hydrogen) atoms. The van der Waals surface area contributed by atoms with Gasteiger partial charge >= 0.3 is 0 Å². The summed E-state index contributed by atoms with van der Waals surface area (Å²) in [6, 6.07) is 14.2. The third-order valence-corrected chi connectivity index (χ3v) is 6.20. The second-order valence-corrected chi connectivity index (χ2v) is 7.79. The Morgan fingerprint density at radius 1 is 1.05 bits per heavy atom. The Bertz CT molecular complexity index is 754. The minimum atomic E-state index is -3.43. The van der Waals surface area contributed by atoms with Crippen LogP contribution < -0.4 is 5.73 Å². The van der Waals surface area contributed by atoms with Crippen molar-refractivity contribution in [1.82, 2.24) is 0 Å². The Balaban J connectivity index is 2.01. The van der Waals surface area contributed by atoms with Crippen LogP contribution in [0.4, 0.5) is 0 Å². The molecule has 1 aliphatic carbocycles. The monoisotopic (exact) mass is 315 g/mol. The second-order valence-electron chi connectivity index (χ2n) is 5.84. The summed E-state index contributed by atoms with van der Waals surface area (Å²) in [6.07, 6.45) is 4.17. The molecule has 0 aliphatic heterocycles. The highest BCUT2D eigenvalue weighted by atomic mass is 32.2. The van der Waals surface area contributed by atoms with E-state index >= 15 is 0 Å². The van der Waals surface area contributed by atoms with Gasteiger partial charge in [-0.15, -0.1) is 0 Å². The first-order valence-electron chi connectivity index (χ1n) is 7.76. The van der Waals surface area contributed by atoms with Crippen LogP contribution in [0, 0.1) is 0 Å². The van der Waals surface area contributed by atoms with Gasteiger partial charge in [-0.05, 0) is 73.5 Å². The van der Waals surface area contributed by atoms with Gasteiger partial charge in [-0.1, -0.05) is 24.3 Å². The van der Waals surface area contributed by atoms with Gasteiger partial charge in [0.15, 0.2) is 0 Å². The maximum Gasteiger partial charge on any atom is 0.206 e. The van der Waals surface area contributed by atoms with E-state index < -0.39 is 9.84 Å². The van der Waals surface area contributed by atoms with Gasteiger partial charge in [-0.3, -0.25) is 0 Å². The normalized spacial score (nSPS) is 18.0. The summed E-state index contributed by atoms with van der Waals surface area (Å²) in [7, 11) is -3.43. The third-order valence-electron chi connectivity index (χ3n) is 4.43. The fourth-order valence-electron chi connectivity index (χ4n) is 3.30. The zero-order chi connectivity index (χ0) is 15.6. The largest absolute Gasteiger partial charge is 0.330 e. The van der Waals surface area contributed by atoms with E-state index in [2.05, 4.69) is 0 Å². The highest BCUT2D eigenvalue weighted by molar-refractivity contribution is 7.91. The molecule has 0 spiro atoms. The van der Waals surface area contributed by atoms with Crippen LogP contribution in [0.3, 0.4) is 0 Å². The average molecular weight is 315 g/mol. The molecule has 3 nitrogen and oxygen atoms in total. The fourth-order valence-corrected chi connectivity index (χ4v) is 4.63. The molecule has 2 aromatic carbocycles. The van der Waals surface area contributed by atoms with Crippen LogP contribution in [0.25, 0.3) is 0 Å². The zero-order valence-electron chi connectivity index (χ0n) is 12.5. The van der Waals surface area contributed by atoms with Crippen LogP contribution >= 0.6 is 0 Å². The van der Waals surface area contributed by atoms with Crippen molar-refractivity contribution in [2.75, 3.05) is 6.54 Å². The van der Waals surface area contributed by atoms with Crippen molar-refractivity contribution in [3.05, 3.63) is 59.7 Å². The number of fused-ring (bicyclic) bond motifs is 1. The minimum Gasteiger partial charge on any atom is -0.330 e. The van der Waals surface area contributed by atoms with Crippen molar-refractivity contribution in [2.24, 2.45) is 5.73 Å². The summed E-state index contributed by atoms with van der Waals surface area (Å²) < 4.78 is 25.4. The molecule has 3 rings (SSSR count). The Labute approximate surface area is 132 Å². The molecule has 1 atom stereocenters. The first kappa shape index (κ1) is 15.3. The third kappa shape index (κ3) is 2.81. The number of nitrogens with two attached hydrogens (primary N) is 1. The fraction of sp³-hybridized carbons (Fsp3) is 0.333. The molecule has 0 amide bonds. The van der Waals surface area contributed by atoms with Crippen LogP contribution in [0.1, 0.15) is 36.3 Å². The van der Waals surface area contributed by atoms with Gasteiger partial charge in [0.1, 0.15) is 0 Å². The molecule has 116 valence electrons. The predicted molar refractivity (Wildman–Crippen MR) is 87.7 cm³/mol. The quantitative estimate of drug-likeness (QED) is 0.942. The van der Waals surface area contributed by atoms with E-state index in [1.165, 1.54) is 11.1 Å². The summed E-state index contributed by atoms with van der Waals surface area (Å²) in [4.78, 5) is 0.745. The van der Waals surface area contributed by atoms with E-state index in [-0.39, 0.29) is 0 Å². The summed E-state index contributed by atoms with van der Waals surface area (Å²) in [5, 5.41) is 0. The molecule has 0 fully saturated rings. The Hall–Kier alpha value is -1.65. The average Bonchev–Trinajstić information content (AvgIpc) is 2.56. The van der Waals surface area contributed by atoms with Gasteiger partial charge in [0, 0.05) is 0 Å². The van der Waals surface area contributed by atoms with Crippen LogP contribution in [0.15, 0.2) is 58.3 Å². The highest BCUT2D eigenvalue weighted by Crippen LogP contribution is 2.35. The molecule has 4 heteroatoms. The molecule has 0 saturated heterocycles. The molecule has 1 aliphatic rings. The van der Waals surface area contributed by atoms with Crippen LogP contribution in [0.5, 0.6) is 0 Å². The van der Waals surface area contributed by atoms with E-state index in [0.717, 1.165) is 25.7 Å². The van der Waals surface area contributed by atoms with E-state index in [4.69, 9.17) is 5.73 Å². The van der Waals surface area contributed by atoms with Crippen molar-refractivity contribution < 1.29 is 8.42 Å². The SMILES string of the molecule is NCC[C@@H]1CCCc2cc(S(=O)(=O)c3ccccc3)ccc21. The van der Waals surface area contributed by atoms with Crippen molar-refractivity contribution >= 4 is 9.84 Å². The van der Waals surface area contributed by atoms with Gasteiger partial charge in [0.2, 0.25) is 9.84 Å². The standard InChI is InChI=1S/C18H21NO2S/c19-12-11-14-5-4-6-15-13-17(9-10-18(14)15)22(20,21)16-7-2-1-3-8-16/h1-3,7-10,13-14H,4-6,11-12,19H2/t14-/m0/s1. The zero-order valence-corrected chi connectivity index (χ0v) is 13.4. The number of benzene rings is 2. The van der Waals surface area contributed by atoms with Crippen molar-refractivity contribution in [3.8, 4) is 0 Å². The Morgan fingerprint density at radius 2 is 1.82 bits per heavy atom. The lowest BCUT2D eigenvalue weighted by Crippen LogP contribution is -2.14. The molecule has 0 unspecified atom stereocenters. The lowest BCUT2D eigenvalue weighted by molar-refractivity contribution is 0.524. The van der Waals surface area contributed by atoms with Gasteiger partial charge in [0.05, 0.1) is 9.79 Å². The molecule has 0 saturated carbocycles. The Morgan fingerprint density at radius 3 is 2.55 bits per heavy atom. The molecular formula is C18H21NO2S. The van der Waals surface area contributed by atoms with Gasteiger partial charge < -0.3 is 5.73 Å². The maximum absolute atomic E-state index is 12.7. The summed E-state index contributed by atoms with van der Waals surface area (Å²) in [6.45, 7) is 0.675. The number of hydrogen-bond acceptors (Lipinski definition) is 3. The van der Waals surface area contributed by atoms with Crippen molar-refractivity contribution in [2.45, 2.75) is 41.4 Å². The topological polar surface area (TPSA) is 60.2 Å². The lowest BCUT2D eigenvalue weighted by atomic mass is 9.81. The molecule has 0 heterocycles. The van der Waals surface area contributed by atoms with Crippen LogP contribution in [-0.2, 0) is 16.3 Å². The van der Waals surface area contributed by atoms with Crippen LogP contribution in [0.2, 0.25) is 0 Å². The molecule has 2 N–H and O–H groups in total. The first-order valence-corrected chi connectivity index (χ1v) is 9.24. The summed E-state index contributed by atoms with van der Waals surface area (Å²) in [5.41, 5.74) is 8.15. The van der Waals surface area contributed by atoms with Gasteiger partial charge in [0.25, 0.3) is 0 Å². The second kappa shape index (κ2) is 6.23.